The van der Waals surface area contributed by atoms with E-state index in [1.165, 1.54) is 0 Å². The molecule has 2 unspecified atom stereocenters. The van der Waals surface area contributed by atoms with Crippen molar-refractivity contribution in [1.29, 1.82) is 0 Å². The average molecular weight is 270 g/mol. The van der Waals surface area contributed by atoms with Crippen molar-refractivity contribution < 1.29 is 9.53 Å². The number of ether oxygens (including phenoxy) is 1. The third kappa shape index (κ3) is 4.38. The van der Waals surface area contributed by atoms with E-state index in [1.54, 1.807) is 19.0 Å². The lowest BCUT2D eigenvalue weighted by molar-refractivity contribution is -0.140. The molecule has 0 spiro atoms. The molecule has 2 atom stereocenters. The molecule has 0 aromatic rings. The van der Waals surface area contributed by atoms with Gasteiger partial charge in [-0.15, -0.1) is 0 Å². The van der Waals surface area contributed by atoms with Gasteiger partial charge < -0.3 is 20.3 Å². The van der Waals surface area contributed by atoms with Crippen LogP contribution >= 0.6 is 0 Å². The van der Waals surface area contributed by atoms with E-state index in [1.807, 2.05) is 18.7 Å². The van der Waals surface area contributed by atoms with Gasteiger partial charge in [0.2, 0.25) is 0 Å². The van der Waals surface area contributed by atoms with Gasteiger partial charge in [0.15, 0.2) is 5.96 Å². The first-order valence-corrected chi connectivity index (χ1v) is 6.91. The van der Waals surface area contributed by atoms with Crippen molar-refractivity contribution in [2.24, 2.45) is 10.7 Å². The molecule has 0 radical (unpaired) electrons. The Kier molecular flexibility index (Phi) is 6.08. The predicted molar refractivity (Wildman–Crippen MR) is 76.0 cm³/mol. The molecular formula is C13H26N4O2. The molecule has 6 heteroatoms. The van der Waals surface area contributed by atoms with Gasteiger partial charge in [-0.1, -0.05) is 0 Å². The zero-order valence-corrected chi connectivity index (χ0v) is 12.4. The zero-order valence-electron chi connectivity index (χ0n) is 12.4. The highest BCUT2D eigenvalue weighted by atomic mass is 16.5. The highest BCUT2D eigenvalue weighted by Crippen LogP contribution is 2.21. The van der Waals surface area contributed by atoms with E-state index in [0.717, 1.165) is 25.9 Å². The molecule has 0 aromatic heterocycles. The number of nitrogens with two attached hydrogens (primary N) is 1. The molecule has 0 bridgehead atoms. The van der Waals surface area contributed by atoms with E-state index in [4.69, 9.17) is 10.5 Å². The molecule has 0 saturated carbocycles. The van der Waals surface area contributed by atoms with E-state index in [-0.39, 0.29) is 18.1 Å². The Labute approximate surface area is 115 Å². The second-order valence-electron chi connectivity index (χ2n) is 4.93. The molecule has 1 saturated heterocycles. The van der Waals surface area contributed by atoms with Crippen molar-refractivity contribution in [3.8, 4) is 0 Å². The molecule has 1 amide bonds. The van der Waals surface area contributed by atoms with E-state index in [9.17, 15) is 4.79 Å². The van der Waals surface area contributed by atoms with Crippen molar-refractivity contribution in [2.75, 3.05) is 33.7 Å². The van der Waals surface area contributed by atoms with Gasteiger partial charge in [-0.05, 0) is 26.7 Å². The van der Waals surface area contributed by atoms with Crippen LogP contribution in [0, 0.1) is 0 Å². The van der Waals surface area contributed by atoms with Crippen molar-refractivity contribution in [3.63, 3.8) is 0 Å². The van der Waals surface area contributed by atoms with Crippen LogP contribution in [0.15, 0.2) is 4.99 Å². The van der Waals surface area contributed by atoms with Gasteiger partial charge >= 0.3 is 0 Å². The second kappa shape index (κ2) is 7.33. The average Bonchev–Trinajstić information content (AvgIpc) is 2.85. The summed E-state index contributed by atoms with van der Waals surface area (Å²) < 4.78 is 5.71. The number of carbonyl (C=O) groups is 1. The van der Waals surface area contributed by atoms with Crippen LogP contribution in [0.5, 0.6) is 0 Å². The third-order valence-corrected chi connectivity index (χ3v) is 3.37. The van der Waals surface area contributed by atoms with Gasteiger partial charge in [0, 0.05) is 27.2 Å². The molecule has 1 heterocycles. The van der Waals surface area contributed by atoms with Crippen LogP contribution in [0.4, 0.5) is 0 Å². The summed E-state index contributed by atoms with van der Waals surface area (Å²) in [7, 11) is 3.49. The number of aliphatic imine (C=N–C) groups is 1. The summed E-state index contributed by atoms with van der Waals surface area (Å²) in [6.07, 6.45) is 1.31. The molecule has 1 fully saturated rings. The van der Waals surface area contributed by atoms with Crippen LogP contribution < -0.4 is 5.73 Å². The minimum atomic E-state index is -0.315. The van der Waals surface area contributed by atoms with Gasteiger partial charge in [0.25, 0.3) is 5.91 Å². The van der Waals surface area contributed by atoms with Gasteiger partial charge in [-0.3, -0.25) is 9.79 Å². The summed E-state index contributed by atoms with van der Waals surface area (Å²) >= 11 is 0. The number of likely N-dealkylation sites (N-methyl/N-ethyl adjacent to an activating group) is 1. The van der Waals surface area contributed by atoms with Crippen LogP contribution in [0.25, 0.3) is 0 Å². The Morgan fingerprint density at radius 1 is 1.32 bits per heavy atom. The van der Waals surface area contributed by atoms with Crippen LogP contribution in [-0.2, 0) is 9.53 Å². The van der Waals surface area contributed by atoms with Crippen molar-refractivity contribution in [2.45, 2.75) is 38.9 Å². The highest BCUT2D eigenvalue weighted by molar-refractivity contribution is 5.80. The topological polar surface area (TPSA) is 71.2 Å². The van der Waals surface area contributed by atoms with Crippen LogP contribution in [-0.4, -0.2) is 67.6 Å². The lowest BCUT2D eigenvalue weighted by Gasteiger charge is -2.20. The van der Waals surface area contributed by atoms with E-state index in [2.05, 4.69) is 4.99 Å². The fourth-order valence-corrected chi connectivity index (χ4v) is 2.15. The fraction of sp³-hybridized carbons (Fsp3) is 0.846. The minimum absolute atomic E-state index is 0.00279. The first-order chi connectivity index (χ1) is 8.99. The smallest absolute Gasteiger partial charge is 0.251 e. The molecule has 2 N–H and O–H groups in total. The van der Waals surface area contributed by atoms with E-state index in [0.29, 0.717) is 12.5 Å². The SMILES string of the molecule is CCN(CC)C(N)=NCC1CCC(C(=O)N(C)C)O1. The minimum Gasteiger partial charge on any atom is -0.370 e. The highest BCUT2D eigenvalue weighted by Gasteiger charge is 2.31. The maximum absolute atomic E-state index is 11.8. The molecule has 6 nitrogen and oxygen atoms in total. The van der Waals surface area contributed by atoms with Crippen LogP contribution in [0.2, 0.25) is 0 Å². The zero-order chi connectivity index (χ0) is 14.4. The summed E-state index contributed by atoms with van der Waals surface area (Å²) in [6.45, 7) is 6.31. The summed E-state index contributed by atoms with van der Waals surface area (Å²) in [4.78, 5) is 19.7. The molecule has 0 aliphatic carbocycles. The standard InChI is InChI=1S/C13H26N4O2/c1-5-17(6-2)13(14)15-9-10-7-8-11(19-10)12(18)16(3)4/h10-11H,5-9H2,1-4H3,(H2,14,15). The summed E-state index contributed by atoms with van der Waals surface area (Å²) in [5.74, 6) is 0.583. The summed E-state index contributed by atoms with van der Waals surface area (Å²) in [5, 5.41) is 0. The molecule has 1 rings (SSSR count). The normalized spacial score (nSPS) is 23.5. The molecular weight excluding hydrogens is 244 g/mol. The number of guanidine groups is 1. The number of carbonyl (C=O) groups excluding carboxylic acids is 1. The van der Waals surface area contributed by atoms with E-state index < -0.39 is 0 Å². The number of nitrogens with zero attached hydrogens (tertiary/aromatic N) is 3. The van der Waals surface area contributed by atoms with Crippen molar-refractivity contribution >= 4 is 11.9 Å². The first kappa shape index (κ1) is 15.8. The van der Waals surface area contributed by atoms with Gasteiger partial charge in [0.1, 0.15) is 6.10 Å². The predicted octanol–water partition coefficient (Wildman–Crippen LogP) is 0.279. The monoisotopic (exact) mass is 270 g/mol. The lowest BCUT2D eigenvalue weighted by Crippen LogP contribution is -2.38. The Balaban J connectivity index is 2.44. The van der Waals surface area contributed by atoms with Gasteiger partial charge in [-0.2, -0.15) is 0 Å². The van der Waals surface area contributed by atoms with E-state index >= 15 is 0 Å². The Morgan fingerprint density at radius 3 is 2.47 bits per heavy atom. The molecule has 1 aliphatic rings. The number of amides is 1. The van der Waals surface area contributed by atoms with Crippen LogP contribution in [0.3, 0.4) is 0 Å². The lowest BCUT2D eigenvalue weighted by atomic mass is 10.2. The number of hydrogen-bond donors (Lipinski definition) is 1. The molecule has 110 valence electrons. The maximum Gasteiger partial charge on any atom is 0.251 e. The van der Waals surface area contributed by atoms with Gasteiger partial charge in [-0.25, -0.2) is 0 Å². The largest absolute Gasteiger partial charge is 0.370 e. The van der Waals surface area contributed by atoms with Crippen molar-refractivity contribution in [1.82, 2.24) is 9.80 Å². The number of hydrogen-bond acceptors (Lipinski definition) is 3. The molecule has 1 aliphatic heterocycles. The number of rotatable bonds is 5. The summed E-state index contributed by atoms with van der Waals surface area (Å²) in [5.41, 5.74) is 5.90. The van der Waals surface area contributed by atoms with Crippen LogP contribution in [0.1, 0.15) is 26.7 Å². The van der Waals surface area contributed by atoms with Crippen molar-refractivity contribution in [3.05, 3.63) is 0 Å². The van der Waals surface area contributed by atoms with Gasteiger partial charge in [0.05, 0.1) is 12.6 Å². The fourth-order valence-electron chi connectivity index (χ4n) is 2.15. The Morgan fingerprint density at radius 2 is 1.95 bits per heavy atom. The Bertz CT molecular complexity index is 327. The third-order valence-electron chi connectivity index (χ3n) is 3.37. The molecule has 0 aromatic carbocycles. The quantitative estimate of drug-likeness (QED) is 0.575. The Hall–Kier alpha value is -1.30. The molecule has 19 heavy (non-hydrogen) atoms. The maximum atomic E-state index is 11.8. The second-order valence-corrected chi connectivity index (χ2v) is 4.93. The summed E-state index contributed by atoms with van der Waals surface area (Å²) in [6, 6.07) is 0. The first-order valence-electron chi connectivity index (χ1n) is 6.91.